The minimum absolute atomic E-state index is 0.143. The molecule has 2 fully saturated rings. The summed E-state index contributed by atoms with van der Waals surface area (Å²) in [6, 6.07) is 0.593. The van der Waals surface area contributed by atoms with E-state index in [0.29, 0.717) is 23.8 Å². The Labute approximate surface area is 123 Å². The van der Waals surface area contributed by atoms with Crippen LogP contribution in [-0.2, 0) is 4.79 Å². The van der Waals surface area contributed by atoms with Crippen LogP contribution in [0, 0.1) is 17.8 Å². The van der Waals surface area contributed by atoms with Crippen molar-refractivity contribution >= 4 is 5.91 Å². The van der Waals surface area contributed by atoms with Gasteiger partial charge in [-0.25, -0.2) is 0 Å². The van der Waals surface area contributed by atoms with Crippen molar-refractivity contribution in [3.8, 4) is 0 Å². The molecule has 1 amide bonds. The van der Waals surface area contributed by atoms with Gasteiger partial charge in [-0.15, -0.1) is 0 Å². The fraction of sp³-hybridized carbons (Fsp3) is 0.938. The first-order valence-electron chi connectivity index (χ1n) is 8.11. The maximum Gasteiger partial charge on any atom is 0.226 e. The van der Waals surface area contributed by atoms with E-state index in [1.54, 1.807) is 0 Å². The van der Waals surface area contributed by atoms with Gasteiger partial charge in [-0.1, -0.05) is 13.8 Å². The largest absolute Gasteiger partial charge is 0.338 e. The third-order valence-electron chi connectivity index (χ3n) is 5.24. The van der Waals surface area contributed by atoms with E-state index < -0.39 is 0 Å². The van der Waals surface area contributed by atoms with Crippen molar-refractivity contribution in [1.29, 1.82) is 0 Å². The number of hydrogen-bond acceptors (Lipinski definition) is 3. The number of rotatable bonds is 3. The number of hydrogen-bond donors (Lipinski definition) is 1. The zero-order valence-electron chi connectivity index (χ0n) is 13.5. The number of amides is 1. The summed E-state index contributed by atoms with van der Waals surface area (Å²) in [5, 5.41) is 0. The van der Waals surface area contributed by atoms with Crippen molar-refractivity contribution in [2.45, 2.75) is 51.6 Å². The van der Waals surface area contributed by atoms with E-state index in [4.69, 9.17) is 5.73 Å². The molecular formula is C16H31N3O. The van der Waals surface area contributed by atoms with Crippen LogP contribution >= 0.6 is 0 Å². The smallest absolute Gasteiger partial charge is 0.226 e. The number of carbonyl (C=O) groups is 1. The van der Waals surface area contributed by atoms with Gasteiger partial charge < -0.3 is 15.5 Å². The summed E-state index contributed by atoms with van der Waals surface area (Å²) in [6.07, 6.45) is 4.25. The summed E-state index contributed by atoms with van der Waals surface area (Å²) in [7, 11) is 4.17. The molecule has 0 bridgehead atoms. The van der Waals surface area contributed by atoms with Crippen LogP contribution in [0.1, 0.15) is 39.5 Å². The Morgan fingerprint density at radius 3 is 2.60 bits per heavy atom. The summed E-state index contributed by atoms with van der Waals surface area (Å²) in [5.41, 5.74) is 6.20. The highest BCUT2D eigenvalue weighted by Crippen LogP contribution is 2.35. The molecule has 1 saturated carbocycles. The zero-order chi connectivity index (χ0) is 14.9. The number of nitrogens with two attached hydrogens (primary N) is 1. The molecule has 0 spiro atoms. The Morgan fingerprint density at radius 1 is 1.25 bits per heavy atom. The van der Waals surface area contributed by atoms with Crippen molar-refractivity contribution in [2.24, 2.45) is 23.5 Å². The van der Waals surface area contributed by atoms with Gasteiger partial charge in [0.25, 0.3) is 0 Å². The van der Waals surface area contributed by atoms with Gasteiger partial charge in [0.05, 0.1) is 0 Å². The lowest BCUT2D eigenvalue weighted by atomic mass is 9.72. The third-order valence-corrected chi connectivity index (χ3v) is 5.24. The minimum atomic E-state index is 0.143. The van der Waals surface area contributed by atoms with E-state index in [2.05, 4.69) is 37.7 Å². The van der Waals surface area contributed by atoms with E-state index in [9.17, 15) is 4.79 Å². The van der Waals surface area contributed by atoms with Gasteiger partial charge in [0.15, 0.2) is 0 Å². The SMILES string of the molecule is CC1CC(C)C(C(=O)N2CCCC2CN(C)C)CC1N. The predicted octanol–water partition coefficient (Wildman–Crippen LogP) is 1.55. The Kier molecular flexibility index (Phi) is 5.08. The summed E-state index contributed by atoms with van der Waals surface area (Å²) in [6.45, 7) is 6.36. The summed E-state index contributed by atoms with van der Waals surface area (Å²) >= 11 is 0. The van der Waals surface area contributed by atoms with Crippen LogP contribution in [-0.4, -0.2) is 55.0 Å². The maximum absolute atomic E-state index is 12.9. The van der Waals surface area contributed by atoms with Gasteiger partial charge in [0.2, 0.25) is 5.91 Å². The molecule has 1 heterocycles. The van der Waals surface area contributed by atoms with Gasteiger partial charge in [-0.3, -0.25) is 4.79 Å². The van der Waals surface area contributed by atoms with E-state index in [1.165, 1.54) is 0 Å². The molecule has 0 aromatic heterocycles. The van der Waals surface area contributed by atoms with Crippen LogP contribution in [0.15, 0.2) is 0 Å². The molecule has 0 aromatic carbocycles. The maximum atomic E-state index is 12.9. The first-order valence-corrected chi connectivity index (χ1v) is 8.11. The van der Waals surface area contributed by atoms with Crippen LogP contribution in [0.3, 0.4) is 0 Å². The molecule has 4 nitrogen and oxygen atoms in total. The Hall–Kier alpha value is -0.610. The van der Waals surface area contributed by atoms with Gasteiger partial charge in [0.1, 0.15) is 0 Å². The van der Waals surface area contributed by atoms with Gasteiger partial charge in [-0.2, -0.15) is 0 Å². The molecule has 1 saturated heterocycles. The summed E-state index contributed by atoms with van der Waals surface area (Å²) < 4.78 is 0. The quantitative estimate of drug-likeness (QED) is 0.854. The molecule has 5 unspecified atom stereocenters. The highest BCUT2D eigenvalue weighted by molar-refractivity contribution is 5.80. The van der Waals surface area contributed by atoms with Crippen molar-refractivity contribution in [2.75, 3.05) is 27.2 Å². The van der Waals surface area contributed by atoms with Crippen LogP contribution < -0.4 is 5.73 Å². The van der Waals surface area contributed by atoms with Crippen LogP contribution in [0.2, 0.25) is 0 Å². The fourth-order valence-electron chi connectivity index (χ4n) is 3.98. The summed E-state index contributed by atoms with van der Waals surface area (Å²) in [4.78, 5) is 17.2. The Morgan fingerprint density at radius 2 is 1.95 bits per heavy atom. The van der Waals surface area contributed by atoms with Crippen molar-refractivity contribution in [1.82, 2.24) is 9.80 Å². The topological polar surface area (TPSA) is 49.6 Å². The lowest BCUT2D eigenvalue weighted by molar-refractivity contribution is -0.140. The van der Waals surface area contributed by atoms with E-state index in [0.717, 1.165) is 38.8 Å². The first kappa shape index (κ1) is 15.8. The molecule has 116 valence electrons. The Bertz CT molecular complexity index is 345. The van der Waals surface area contributed by atoms with Crippen LogP contribution in [0.5, 0.6) is 0 Å². The van der Waals surface area contributed by atoms with Crippen molar-refractivity contribution in [3.05, 3.63) is 0 Å². The zero-order valence-corrected chi connectivity index (χ0v) is 13.5. The Balaban J connectivity index is 2.02. The van der Waals surface area contributed by atoms with Crippen molar-refractivity contribution < 1.29 is 4.79 Å². The average molecular weight is 281 g/mol. The molecule has 20 heavy (non-hydrogen) atoms. The molecule has 0 aromatic rings. The number of nitrogens with zero attached hydrogens (tertiary/aromatic N) is 2. The number of likely N-dealkylation sites (tertiary alicyclic amines) is 1. The first-order chi connectivity index (χ1) is 9.40. The highest BCUT2D eigenvalue weighted by Gasteiger charge is 2.39. The van der Waals surface area contributed by atoms with Crippen molar-refractivity contribution in [3.63, 3.8) is 0 Å². The van der Waals surface area contributed by atoms with Gasteiger partial charge >= 0.3 is 0 Å². The second-order valence-corrected chi connectivity index (χ2v) is 7.29. The van der Waals surface area contributed by atoms with E-state index >= 15 is 0 Å². The molecule has 2 N–H and O–H groups in total. The molecule has 5 atom stereocenters. The number of likely N-dealkylation sites (N-methyl/N-ethyl adjacent to an activating group) is 1. The van der Waals surface area contributed by atoms with E-state index in [1.807, 2.05) is 0 Å². The van der Waals surface area contributed by atoms with Gasteiger partial charge in [-0.05, 0) is 51.6 Å². The standard InChI is InChI=1S/C16H31N3O/c1-11-8-12(2)15(17)9-14(11)16(20)19-7-5-6-13(19)10-18(3)4/h11-15H,5-10,17H2,1-4H3. The third kappa shape index (κ3) is 3.34. The van der Waals surface area contributed by atoms with Crippen LogP contribution in [0.4, 0.5) is 0 Å². The lowest BCUT2D eigenvalue weighted by Crippen LogP contribution is -2.49. The molecule has 1 aliphatic heterocycles. The molecule has 0 radical (unpaired) electrons. The highest BCUT2D eigenvalue weighted by atomic mass is 16.2. The molecule has 4 heteroatoms. The monoisotopic (exact) mass is 281 g/mol. The fourth-order valence-corrected chi connectivity index (χ4v) is 3.98. The second-order valence-electron chi connectivity index (χ2n) is 7.29. The average Bonchev–Trinajstić information content (AvgIpc) is 2.80. The number of carbonyl (C=O) groups excluding carboxylic acids is 1. The second kappa shape index (κ2) is 6.44. The van der Waals surface area contributed by atoms with E-state index in [-0.39, 0.29) is 12.0 Å². The minimum Gasteiger partial charge on any atom is -0.338 e. The predicted molar refractivity (Wildman–Crippen MR) is 82.3 cm³/mol. The molecular weight excluding hydrogens is 250 g/mol. The molecule has 1 aliphatic carbocycles. The van der Waals surface area contributed by atoms with Gasteiger partial charge in [0, 0.05) is 31.1 Å². The molecule has 2 aliphatic rings. The molecule has 2 rings (SSSR count). The van der Waals surface area contributed by atoms with Crippen LogP contribution in [0.25, 0.3) is 0 Å². The summed E-state index contributed by atoms with van der Waals surface area (Å²) in [5.74, 6) is 1.52. The lowest BCUT2D eigenvalue weighted by Gasteiger charge is -2.39. The normalized spacial score (nSPS) is 38.5.